The first-order valence-corrected chi connectivity index (χ1v) is 5.14. The fraction of sp³-hybridized carbons (Fsp3) is 0.500. The summed E-state index contributed by atoms with van der Waals surface area (Å²) in [4.78, 5) is 0. The maximum Gasteiger partial charge on any atom is 0.189 e. The Hall–Kier alpha value is -0.770. The van der Waals surface area contributed by atoms with Gasteiger partial charge in [-0.1, -0.05) is 18.2 Å². The van der Waals surface area contributed by atoms with Crippen molar-refractivity contribution in [3.8, 4) is 5.75 Å². The molecule has 0 aliphatic rings. The molecule has 1 aromatic rings. The molecule has 0 spiro atoms. The first kappa shape index (κ1) is 15.2. The predicted molar refractivity (Wildman–Crippen MR) is 60.8 cm³/mol. The summed E-state index contributed by atoms with van der Waals surface area (Å²) in [6, 6.07) is 9.69. The maximum absolute atomic E-state index is 5.39. The Kier molecular flexibility index (Phi) is 7.13. The van der Waals surface area contributed by atoms with Gasteiger partial charge in [0.2, 0.25) is 0 Å². The lowest BCUT2D eigenvalue weighted by Crippen LogP contribution is -3.00. The summed E-state index contributed by atoms with van der Waals surface area (Å²) in [7, 11) is 6.42. The molecule has 0 fully saturated rings. The zero-order valence-electron chi connectivity index (χ0n) is 10.1. The number of hydrogen-bond donors (Lipinski definition) is 0. The molecule has 1 rings (SSSR count). The summed E-state index contributed by atoms with van der Waals surface area (Å²) < 4.78 is 11.7. The van der Waals surface area contributed by atoms with E-state index in [0.717, 1.165) is 23.4 Å². The molecular formula is C12H20ClNO2. The van der Waals surface area contributed by atoms with Gasteiger partial charge in [0.05, 0.1) is 27.7 Å². The molecule has 0 aliphatic carbocycles. The molecule has 0 saturated carbocycles. The molecule has 1 aromatic carbocycles. The molecule has 0 heterocycles. The van der Waals surface area contributed by atoms with Gasteiger partial charge in [-0.3, -0.25) is 0 Å². The van der Waals surface area contributed by atoms with Crippen molar-refractivity contribution >= 4 is 0 Å². The summed E-state index contributed by atoms with van der Waals surface area (Å²) in [5, 5.41) is 0. The van der Waals surface area contributed by atoms with Crippen LogP contribution >= 0.6 is 0 Å². The first-order chi connectivity index (χ1) is 7.08. The number of para-hydroxylation sites is 1. The third kappa shape index (κ3) is 7.51. The lowest BCUT2D eigenvalue weighted by molar-refractivity contribution is -0.870. The molecule has 0 atom stereocenters. The van der Waals surface area contributed by atoms with Gasteiger partial charge in [-0.05, 0) is 12.1 Å². The quantitative estimate of drug-likeness (QED) is 0.354. The highest BCUT2D eigenvalue weighted by atomic mass is 35.5. The van der Waals surface area contributed by atoms with Crippen molar-refractivity contribution in [2.24, 2.45) is 0 Å². The Bertz CT molecular complexity index is 272. The van der Waals surface area contributed by atoms with Crippen molar-refractivity contribution in [3.05, 3.63) is 30.3 Å². The Balaban J connectivity index is 0.00000225. The lowest BCUT2D eigenvalue weighted by atomic mass is 10.3. The van der Waals surface area contributed by atoms with Crippen LogP contribution in [0.5, 0.6) is 5.75 Å². The molecule has 3 nitrogen and oxygen atoms in total. The van der Waals surface area contributed by atoms with E-state index in [0.29, 0.717) is 6.79 Å². The number of quaternary nitrogens is 1. The van der Waals surface area contributed by atoms with Crippen molar-refractivity contribution in [1.82, 2.24) is 0 Å². The third-order valence-electron chi connectivity index (χ3n) is 1.96. The van der Waals surface area contributed by atoms with Gasteiger partial charge in [0.1, 0.15) is 12.3 Å². The van der Waals surface area contributed by atoms with Gasteiger partial charge in [0, 0.05) is 0 Å². The fourth-order valence-corrected chi connectivity index (χ4v) is 1.02. The van der Waals surface area contributed by atoms with Crippen LogP contribution in [-0.4, -0.2) is 45.6 Å². The average Bonchev–Trinajstić information content (AvgIpc) is 2.17. The van der Waals surface area contributed by atoms with Crippen LogP contribution in [0.15, 0.2) is 30.3 Å². The van der Waals surface area contributed by atoms with E-state index < -0.39 is 0 Å². The monoisotopic (exact) mass is 245 g/mol. The standard InChI is InChI=1S/C12H20NO2.ClH/c1-13(2,3)9-10-14-11-15-12-7-5-4-6-8-12;/h4-8H,9-11H2,1-3H3;1H/q+1;/p-1. The number of ether oxygens (including phenoxy) is 2. The van der Waals surface area contributed by atoms with Crippen molar-refractivity contribution < 1.29 is 26.4 Å². The minimum Gasteiger partial charge on any atom is -1.00 e. The number of rotatable bonds is 6. The van der Waals surface area contributed by atoms with E-state index in [-0.39, 0.29) is 12.4 Å². The van der Waals surface area contributed by atoms with Crippen LogP contribution in [0.1, 0.15) is 0 Å². The van der Waals surface area contributed by atoms with Crippen LogP contribution in [0.2, 0.25) is 0 Å². The average molecular weight is 246 g/mol. The second-order valence-electron chi connectivity index (χ2n) is 4.50. The summed E-state index contributed by atoms with van der Waals surface area (Å²) in [5.74, 6) is 0.850. The molecule has 0 unspecified atom stereocenters. The van der Waals surface area contributed by atoms with E-state index in [1.165, 1.54) is 0 Å². The van der Waals surface area contributed by atoms with Crippen LogP contribution < -0.4 is 17.1 Å². The van der Waals surface area contributed by atoms with E-state index >= 15 is 0 Å². The van der Waals surface area contributed by atoms with Crippen LogP contribution in [-0.2, 0) is 4.74 Å². The predicted octanol–water partition coefficient (Wildman–Crippen LogP) is -1.25. The number of benzene rings is 1. The second-order valence-corrected chi connectivity index (χ2v) is 4.50. The molecule has 0 N–H and O–H groups in total. The van der Waals surface area contributed by atoms with E-state index in [1.807, 2.05) is 30.3 Å². The summed E-state index contributed by atoms with van der Waals surface area (Å²) >= 11 is 0. The van der Waals surface area contributed by atoms with Gasteiger partial charge in [0.25, 0.3) is 0 Å². The SMILES string of the molecule is C[N+](C)(C)CCOCOc1ccccc1.[Cl-]. The molecule has 0 aromatic heterocycles. The van der Waals surface area contributed by atoms with E-state index in [9.17, 15) is 0 Å². The van der Waals surface area contributed by atoms with Crippen molar-refractivity contribution in [2.45, 2.75) is 0 Å². The Labute approximate surface area is 104 Å². The van der Waals surface area contributed by atoms with Gasteiger partial charge in [0.15, 0.2) is 6.79 Å². The highest BCUT2D eigenvalue weighted by Gasteiger charge is 2.05. The molecule has 0 aliphatic heterocycles. The molecule has 0 amide bonds. The summed E-state index contributed by atoms with van der Waals surface area (Å²) in [6.07, 6.45) is 0. The highest BCUT2D eigenvalue weighted by Crippen LogP contribution is 2.07. The Morgan fingerprint density at radius 3 is 2.25 bits per heavy atom. The number of hydrogen-bond acceptors (Lipinski definition) is 2. The van der Waals surface area contributed by atoms with Crippen LogP contribution in [0.25, 0.3) is 0 Å². The minimum absolute atomic E-state index is 0. The van der Waals surface area contributed by atoms with Gasteiger partial charge in [-0.25, -0.2) is 0 Å². The molecule has 0 bridgehead atoms. The van der Waals surface area contributed by atoms with E-state index in [2.05, 4.69) is 21.1 Å². The lowest BCUT2D eigenvalue weighted by Gasteiger charge is -2.23. The number of likely N-dealkylation sites (N-methyl/N-ethyl adjacent to an activating group) is 1. The third-order valence-corrected chi connectivity index (χ3v) is 1.96. The smallest absolute Gasteiger partial charge is 0.189 e. The topological polar surface area (TPSA) is 18.5 Å². The molecule has 0 radical (unpaired) electrons. The van der Waals surface area contributed by atoms with Crippen LogP contribution in [0.3, 0.4) is 0 Å². The highest BCUT2D eigenvalue weighted by molar-refractivity contribution is 5.20. The molecule has 0 saturated heterocycles. The zero-order valence-corrected chi connectivity index (χ0v) is 10.9. The first-order valence-electron chi connectivity index (χ1n) is 5.14. The number of nitrogens with zero attached hydrogens (tertiary/aromatic N) is 1. The van der Waals surface area contributed by atoms with Crippen LogP contribution in [0, 0.1) is 0 Å². The van der Waals surface area contributed by atoms with Gasteiger partial charge >= 0.3 is 0 Å². The Morgan fingerprint density at radius 1 is 1.06 bits per heavy atom. The number of halogens is 1. The Morgan fingerprint density at radius 2 is 1.69 bits per heavy atom. The van der Waals surface area contributed by atoms with E-state index in [1.54, 1.807) is 0 Å². The zero-order chi connectivity index (χ0) is 11.1. The fourth-order valence-electron chi connectivity index (χ4n) is 1.02. The van der Waals surface area contributed by atoms with Gasteiger partial charge in [-0.15, -0.1) is 0 Å². The normalized spacial score (nSPS) is 10.7. The van der Waals surface area contributed by atoms with Crippen molar-refractivity contribution in [2.75, 3.05) is 41.1 Å². The molecular weight excluding hydrogens is 226 g/mol. The summed E-state index contributed by atoms with van der Waals surface area (Å²) in [5.41, 5.74) is 0. The van der Waals surface area contributed by atoms with E-state index in [4.69, 9.17) is 9.47 Å². The second kappa shape index (κ2) is 7.49. The molecule has 92 valence electrons. The van der Waals surface area contributed by atoms with Crippen LogP contribution in [0.4, 0.5) is 0 Å². The maximum atomic E-state index is 5.39. The largest absolute Gasteiger partial charge is 1.00 e. The summed E-state index contributed by atoms with van der Waals surface area (Å²) in [6.45, 7) is 2.03. The van der Waals surface area contributed by atoms with Gasteiger partial charge in [-0.2, -0.15) is 0 Å². The van der Waals surface area contributed by atoms with Crippen molar-refractivity contribution in [3.63, 3.8) is 0 Å². The minimum atomic E-state index is 0. The molecule has 4 heteroatoms. The molecule has 16 heavy (non-hydrogen) atoms. The van der Waals surface area contributed by atoms with Crippen molar-refractivity contribution in [1.29, 1.82) is 0 Å². The van der Waals surface area contributed by atoms with Gasteiger partial charge < -0.3 is 26.4 Å².